The molecule has 2 atom stereocenters. The Balaban J connectivity index is 4.05. The molecule has 0 aliphatic carbocycles. The lowest BCUT2D eigenvalue weighted by molar-refractivity contribution is -0.870. The summed E-state index contributed by atoms with van der Waals surface area (Å²) < 4.78 is 23.0. The molecule has 0 rings (SSSR count). The highest BCUT2D eigenvalue weighted by atomic mass is 16.7. The number of carbonyl (C=O) groups is 3. The van der Waals surface area contributed by atoms with Crippen LogP contribution < -0.4 is 0 Å². The second-order valence-electron chi connectivity index (χ2n) is 26.6. The topological polar surface area (TPSA) is 108 Å². The van der Waals surface area contributed by atoms with Crippen molar-refractivity contribution in [3.8, 4) is 0 Å². The van der Waals surface area contributed by atoms with Crippen LogP contribution >= 0.6 is 0 Å². The molecule has 1 N–H and O–H groups in total. The summed E-state index contributed by atoms with van der Waals surface area (Å²) in [6.07, 6.45) is 108. The lowest BCUT2D eigenvalue weighted by Gasteiger charge is -2.25. The minimum absolute atomic E-state index is 0.179. The molecule has 0 aromatic heterocycles. The first-order valence-electron chi connectivity index (χ1n) is 38.6. The Morgan fingerprint density at radius 3 is 0.842 bits per heavy atom. The minimum atomic E-state index is -1.52. The van der Waals surface area contributed by atoms with Crippen LogP contribution in [-0.2, 0) is 33.3 Å². The van der Waals surface area contributed by atoms with Crippen molar-refractivity contribution in [1.29, 1.82) is 0 Å². The van der Waals surface area contributed by atoms with E-state index in [2.05, 4.69) is 172 Å². The summed E-state index contributed by atoms with van der Waals surface area (Å²) in [7, 11) is 5.97. The number of unbranched alkanes of at least 4 members (excludes halogenated alkanes) is 29. The van der Waals surface area contributed by atoms with Gasteiger partial charge in [-0.2, -0.15) is 0 Å². The van der Waals surface area contributed by atoms with Gasteiger partial charge in [0.05, 0.1) is 34.4 Å². The molecule has 0 spiro atoms. The summed E-state index contributed by atoms with van der Waals surface area (Å²) >= 11 is 0. The second-order valence-corrected chi connectivity index (χ2v) is 26.6. The Hall–Kier alpha value is -5.09. The number of carboxylic acid groups (broad SMARTS) is 1. The molecule has 95 heavy (non-hydrogen) atoms. The van der Waals surface area contributed by atoms with Crippen LogP contribution in [0.3, 0.4) is 0 Å². The van der Waals surface area contributed by atoms with Crippen LogP contribution in [0.25, 0.3) is 0 Å². The van der Waals surface area contributed by atoms with Gasteiger partial charge >= 0.3 is 17.9 Å². The summed E-state index contributed by atoms with van der Waals surface area (Å²) in [4.78, 5) is 37.7. The Labute approximate surface area is 584 Å². The van der Waals surface area contributed by atoms with E-state index < -0.39 is 24.3 Å². The van der Waals surface area contributed by atoms with Crippen molar-refractivity contribution in [3.05, 3.63) is 158 Å². The van der Waals surface area contributed by atoms with Gasteiger partial charge in [-0.3, -0.25) is 9.59 Å². The molecule has 0 heterocycles. The predicted molar refractivity (Wildman–Crippen MR) is 410 cm³/mol. The summed E-state index contributed by atoms with van der Waals surface area (Å²) in [5, 5.41) is 9.77. The lowest BCUT2D eigenvalue weighted by atomic mass is 10.0. The smallest absolute Gasteiger partial charge is 0.361 e. The number of hydrogen-bond donors (Lipinski definition) is 1. The highest BCUT2D eigenvalue weighted by molar-refractivity contribution is 5.71. The molecule has 0 saturated heterocycles. The molecule has 0 fully saturated rings. The highest BCUT2D eigenvalue weighted by Crippen LogP contribution is 2.18. The van der Waals surface area contributed by atoms with Gasteiger partial charge < -0.3 is 28.5 Å². The van der Waals surface area contributed by atoms with Crippen molar-refractivity contribution in [2.24, 2.45) is 0 Å². The highest BCUT2D eigenvalue weighted by Gasteiger charge is 2.25. The van der Waals surface area contributed by atoms with E-state index in [1.165, 1.54) is 148 Å². The summed E-state index contributed by atoms with van der Waals surface area (Å²) in [6, 6.07) is 0. The summed E-state index contributed by atoms with van der Waals surface area (Å²) in [6.45, 7) is 4.65. The molecule has 0 aliphatic rings. The van der Waals surface area contributed by atoms with Gasteiger partial charge in [0, 0.05) is 12.8 Å². The van der Waals surface area contributed by atoms with Crippen LogP contribution in [0.4, 0.5) is 0 Å². The standard InChI is InChI=1S/C86H143NO8/c1-6-8-10-12-14-16-18-20-22-24-26-28-30-32-34-36-37-38-39-40-41-42-43-44-45-46-47-49-50-52-54-56-58-60-62-64-66-68-70-72-74-76-83(88)93-80-82(81-94-86(85(90)91)92-79-78-87(3,4)5)95-84(89)77-75-73-71-69-67-65-63-61-59-57-55-53-51-48-35-33-31-29-27-25-23-21-19-17-15-13-11-9-7-2/h8-11,14-17,20-23,26-29,32-35,37-38,51,53,57,59,82,86H,6-7,12-13,18-19,24-25,30-31,36,39-50,52,54-56,58,60-81H2,1-5H3/p+1/b10-8-,11-9-,16-14-,17-15-,22-20-,23-21-,28-26-,29-27-,34-32-,35-33-,38-37-,53-51-,59-57-. The first-order chi connectivity index (χ1) is 46.6. The van der Waals surface area contributed by atoms with Crippen molar-refractivity contribution < 1.29 is 42.9 Å². The van der Waals surface area contributed by atoms with Crippen LogP contribution in [0, 0.1) is 0 Å². The van der Waals surface area contributed by atoms with Crippen LogP contribution in [0.15, 0.2) is 158 Å². The first-order valence-corrected chi connectivity index (χ1v) is 38.6. The summed E-state index contributed by atoms with van der Waals surface area (Å²) in [5.74, 6) is -2.02. The summed E-state index contributed by atoms with van der Waals surface area (Å²) in [5.41, 5.74) is 0. The normalized spacial score (nSPS) is 13.6. The van der Waals surface area contributed by atoms with Crippen molar-refractivity contribution in [3.63, 3.8) is 0 Å². The van der Waals surface area contributed by atoms with E-state index in [0.717, 1.165) is 128 Å². The molecule has 2 unspecified atom stereocenters. The van der Waals surface area contributed by atoms with E-state index in [4.69, 9.17) is 18.9 Å². The van der Waals surface area contributed by atoms with Gasteiger partial charge in [0.2, 0.25) is 0 Å². The number of hydrogen-bond acceptors (Lipinski definition) is 7. The molecule has 0 bridgehead atoms. The number of rotatable bonds is 70. The fourth-order valence-electron chi connectivity index (χ4n) is 10.5. The second kappa shape index (κ2) is 74.7. The lowest BCUT2D eigenvalue weighted by Crippen LogP contribution is -2.40. The largest absolute Gasteiger partial charge is 0.477 e. The van der Waals surface area contributed by atoms with Crippen LogP contribution in [-0.4, -0.2) is 87.4 Å². The fourth-order valence-corrected chi connectivity index (χ4v) is 10.5. The van der Waals surface area contributed by atoms with Gasteiger partial charge in [0.25, 0.3) is 6.29 Å². The van der Waals surface area contributed by atoms with Crippen molar-refractivity contribution in [1.82, 2.24) is 0 Å². The van der Waals surface area contributed by atoms with Gasteiger partial charge in [-0.1, -0.05) is 332 Å². The molecule has 9 nitrogen and oxygen atoms in total. The molecule has 0 radical (unpaired) electrons. The monoisotopic (exact) mass is 1320 g/mol. The van der Waals surface area contributed by atoms with E-state index >= 15 is 0 Å². The maximum atomic E-state index is 13.0. The van der Waals surface area contributed by atoms with Crippen LogP contribution in [0.1, 0.15) is 309 Å². The number of ether oxygens (including phenoxy) is 4. The number of quaternary nitrogens is 1. The quantitative estimate of drug-likeness (QED) is 0.0211. The number of allylic oxidation sites excluding steroid dienone is 26. The molecule has 0 aliphatic heterocycles. The third-order valence-electron chi connectivity index (χ3n) is 16.3. The van der Waals surface area contributed by atoms with Crippen LogP contribution in [0.2, 0.25) is 0 Å². The van der Waals surface area contributed by atoms with Crippen molar-refractivity contribution in [2.45, 2.75) is 322 Å². The minimum Gasteiger partial charge on any atom is -0.477 e. The average Bonchev–Trinajstić information content (AvgIpc) is 2.86. The molecular formula is C86H144NO8+. The number of aliphatic carboxylic acids is 1. The Kier molecular flexibility index (Phi) is 70.7. The third-order valence-corrected chi connectivity index (χ3v) is 16.3. The maximum Gasteiger partial charge on any atom is 0.361 e. The Morgan fingerprint density at radius 1 is 0.316 bits per heavy atom. The van der Waals surface area contributed by atoms with Gasteiger partial charge in [0.1, 0.15) is 13.2 Å². The van der Waals surface area contributed by atoms with E-state index in [1.54, 1.807) is 0 Å². The van der Waals surface area contributed by atoms with Gasteiger partial charge in [-0.05, 0) is 122 Å². The molecule has 0 aromatic carbocycles. The zero-order valence-electron chi connectivity index (χ0n) is 61.8. The SMILES string of the molecule is CC/C=C\C/C=C\C/C=C\C/C=C\C/C=C\C/C=C\C/C=C\CCCCCCCCCC(=O)OC(COC(=O)CCCCCCCCCCCCCCCCCCCCCCCC/C=C\C/C=C\C/C=C\C/C=C\C/C=C\C/C=C\CC)COC(OCC[N+](C)(C)C)C(=O)O. The number of carboxylic acids is 1. The van der Waals surface area contributed by atoms with E-state index in [-0.39, 0.29) is 32.2 Å². The Bertz CT molecular complexity index is 2130. The molecule has 0 saturated carbocycles. The molecule has 0 amide bonds. The van der Waals surface area contributed by atoms with Crippen molar-refractivity contribution >= 4 is 17.9 Å². The fraction of sp³-hybridized carbons (Fsp3) is 0.663. The van der Waals surface area contributed by atoms with Crippen LogP contribution in [0.5, 0.6) is 0 Å². The van der Waals surface area contributed by atoms with E-state index in [9.17, 15) is 19.5 Å². The zero-order chi connectivity index (χ0) is 69.0. The number of likely N-dealkylation sites (N-methyl/N-ethyl adjacent to an activating group) is 1. The number of carbonyl (C=O) groups excluding carboxylic acids is 2. The van der Waals surface area contributed by atoms with Crippen molar-refractivity contribution in [2.75, 3.05) is 47.5 Å². The van der Waals surface area contributed by atoms with E-state index in [1.807, 2.05) is 21.1 Å². The zero-order valence-corrected chi connectivity index (χ0v) is 61.8. The Morgan fingerprint density at radius 2 is 0.568 bits per heavy atom. The molecule has 9 heteroatoms. The van der Waals surface area contributed by atoms with E-state index in [0.29, 0.717) is 23.9 Å². The number of nitrogens with zero attached hydrogens (tertiary/aromatic N) is 1. The number of esters is 2. The molecular weight excluding hydrogens is 1170 g/mol. The van der Waals surface area contributed by atoms with Gasteiger partial charge in [0.15, 0.2) is 6.10 Å². The van der Waals surface area contributed by atoms with Gasteiger partial charge in [-0.25, -0.2) is 4.79 Å². The maximum absolute atomic E-state index is 13.0. The third kappa shape index (κ3) is 76.1. The molecule has 0 aromatic rings. The predicted octanol–water partition coefficient (Wildman–Crippen LogP) is 24.8. The average molecular weight is 1320 g/mol. The first kappa shape index (κ1) is 89.9. The molecule has 540 valence electrons. The van der Waals surface area contributed by atoms with Gasteiger partial charge in [-0.15, -0.1) is 0 Å².